The molecule has 3 heteroatoms. The monoisotopic (exact) mass is 296 g/mol. The van der Waals surface area contributed by atoms with E-state index in [1.54, 1.807) is 0 Å². The lowest BCUT2D eigenvalue weighted by Gasteiger charge is -2.38. The molecule has 1 aliphatic heterocycles. The average Bonchev–Trinajstić information content (AvgIpc) is 2.21. The van der Waals surface area contributed by atoms with Crippen molar-refractivity contribution in [1.82, 2.24) is 0 Å². The maximum absolute atomic E-state index is 6.08. The third-order valence-corrected chi connectivity index (χ3v) is 4.20. The van der Waals surface area contributed by atoms with Crippen molar-refractivity contribution in [3.8, 4) is 0 Å². The fourth-order valence-corrected chi connectivity index (χ4v) is 3.46. The Morgan fingerprint density at radius 2 is 1.88 bits per heavy atom. The summed E-state index contributed by atoms with van der Waals surface area (Å²) in [6.07, 6.45) is 1.09. The van der Waals surface area contributed by atoms with Crippen molar-refractivity contribution in [3.05, 3.63) is 27.7 Å². The first-order chi connectivity index (χ1) is 7.99. The molecule has 1 aromatic rings. The van der Waals surface area contributed by atoms with Crippen molar-refractivity contribution >= 4 is 21.6 Å². The van der Waals surface area contributed by atoms with Crippen molar-refractivity contribution in [2.45, 2.75) is 33.2 Å². The molecule has 0 radical (unpaired) electrons. The highest BCUT2D eigenvalue weighted by molar-refractivity contribution is 9.10. The van der Waals surface area contributed by atoms with E-state index in [-0.39, 0.29) is 0 Å². The quantitative estimate of drug-likeness (QED) is 0.862. The van der Waals surface area contributed by atoms with Gasteiger partial charge in [0.15, 0.2) is 0 Å². The van der Waals surface area contributed by atoms with E-state index in [4.69, 9.17) is 5.73 Å². The van der Waals surface area contributed by atoms with E-state index in [1.807, 2.05) is 0 Å². The topological polar surface area (TPSA) is 29.3 Å². The Morgan fingerprint density at radius 1 is 1.29 bits per heavy atom. The van der Waals surface area contributed by atoms with Crippen molar-refractivity contribution in [3.63, 3.8) is 0 Å². The molecule has 2 rings (SSSR count). The zero-order valence-electron chi connectivity index (χ0n) is 10.8. The third-order valence-electron chi connectivity index (χ3n) is 3.74. The van der Waals surface area contributed by atoms with Crippen molar-refractivity contribution in [2.75, 3.05) is 18.0 Å². The lowest BCUT2D eigenvalue weighted by atomic mass is 9.93. The lowest BCUT2D eigenvalue weighted by molar-refractivity contribution is 0.382. The van der Waals surface area contributed by atoms with Gasteiger partial charge in [-0.3, -0.25) is 0 Å². The number of piperidine rings is 1. The van der Waals surface area contributed by atoms with Crippen LogP contribution in [0.1, 0.15) is 24.5 Å². The summed E-state index contributed by atoms with van der Waals surface area (Å²) in [7, 11) is 0. The molecule has 0 aromatic heterocycles. The maximum atomic E-state index is 6.08. The molecule has 0 bridgehead atoms. The van der Waals surface area contributed by atoms with E-state index in [0.717, 1.165) is 24.0 Å². The van der Waals surface area contributed by atoms with Crippen molar-refractivity contribution in [1.29, 1.82) is 0 Å². The molecule has 17 heavy (non-hydrogen) atoms. The minimum absolute atomic E-state index is 0.363. The fraction of sp³-hybridized carbons (Fsp3) is 0.571. The van der Waals surface area contributed by atoms with E-state index in [2.05, 4.69) is 53.7 Å². The molecule has 0 amide bonds. The van der Waals surface area contributed by atoms with Gasteiger partial charge >= 0.3 is 0 Å². The first kappa shape index (κ1) is 12.9. The van der Waals surface area contributed by atoms with Gasteiger partial charge in [-0.15, -0.1) is 0 Å². The van der Waals surface area contributed by atoms with Crippen LogP contribution < -0.4 is 10.6 Å². The Balaban J connectivity index is 2.29. The number of hydrogen-bond donors (Lipinski definition) is 1. The molecule has 1 aromatic carbocycles. The van der Waals surface area contributed by atoms with Crippen LogP contribution in [0.3, 0.4) is 0 Å². The standard InChI is InChI=1S/C14H21BrN2/c1-9-6-12(15)7-10(2)14(9)17-5-4-13(16)11(3)8-17/h6-7,11,13H,4-5,8,16H2,1-3H3. The molecule has 2 nitrogen and oxygen atoms in total. The number of aryl methyl sites for hydroxylation is 2. The lowest BCUT2D eigenvalue weighted by Crippen LogP contribution is -2.46. The number of nitrogens with two attached hydrogens (primary N) is 1. The molecule has 2 atom stereocenters. The molecule has 1 aliphatic rings. The minimum Gasteiger partial charge on any atom is -0.371 e. The highest BCUT2D eigenvalue weighted by Gasteiger charge is 2.24. The summed E-state index contributed by atoms with van der Waals surface area (Å²) in [4.78, 5) is 2.49. The summed E-state index contributed by atoms with van der Waals surface area (Å²) in [5.41, 5.74) is 10.2. The van der Waals surface area contributed by atoms with Gasteiger partial charge in [0.1, 0.15) is 0 Å². The molecule has 1 heterocycles. The van der Waals surface area contributed by atoms with Gasteiger partial charge in [-0.25, -0.2) is 0 Å². The van der Waals surface area contributed by atoms with Gasteiger partial charge in [-0.05, 0) is 49.4 Å². The van der Waals surface area contributed by atoms with Crippen LogP contribution in [0.25, 0.3) is 0 Å². The second kappa shape index (κ2) is 4.99. The number of halogens is 1. The molecule has 2 unspecified atom stereocenters. The summed E-state index contributed by atoms with van der Waals surface area (Å²) in [5.74, 6) is 0.575. The van der Waals surface area contributed by atoms with Gasteiger partial charge < -0.3 is 10.6 Å². The molecule has 2 N–H and O–H groups in total. The van der Waals surface area contributed by atoms with Crippen LogP contribution in [-0.2, 0) is 0 Å². The SMILES string of the molecule is Cc1cc(Br)cc(C)c1N1CCC(N)C(C)C1. The van der Waals surface area contributed by atoms with Crippen LogP contribution in [0, 0.1) is 19.8 Å². The van der Waals surface area contributed by atoms with Crippen LogP contribution in [0.15, 0.2) is 16.6 Å². The molecule has 1 saturated heterocycles. The maximum Gasteiger partial charge on any atom is 0.0426 e. The minimum atomic E-state index is 0.363. The van der Waals surface area contributed by atoms with Gasteiger partial charge in [0.25, 0.3) is 0 Å². The molecular weight excluding hydrogens is 276 g/mol. The largest absolute Gasteiger partial charge is 0.371 e. The summed E-state index contributed by atoms with van der Waals surface area (Å²) >= 11 is 3.55. The molecule has 94 valence electrons. The van der Waals surface area contributed by atoms with Crippen LogP contribution in [0.4, 0.5) is 5.69 Å². The Hall–Kier alpha value is -0.540. The summed E-state index contributed by atoms with van der Waals surface area (Å²) in [5, 5.41) is 0. The van der Waals surface area contributed by atoms with Gasteiger partial charge in [-0.1, -0.05) is 22.9 Å². The number of benzene rings is 1. The predicted molar refractivity (Wildman–Crippen MR) is 77.6 cm³/mol. The van der Waals surface area contributed by atoms with Crippen LogP contribution in [0.2, 0.25) is 0 Å². The zero-order valence-corrected chi connectivity index (χ0v) is 12.4. The van der Waals surface area contributed by atoms with Gasteiger partial charge in [-0.2, -0.15) is 0 Å². The molecular formula is C14H21BrN2. The van der Waals surface area contributed by atoms with Gasteiger partial charge in [0.2, 0.25) is 0 Å². The van der Waals surface area contributed by atoms with E-state index in [0.29, 0.717) is 12.0 Å². The highest BCUT2D eigenvalue weighted by Crippen LogP contribution is 2.31. The molecule has 0 saturated carbocycles. The van der Waals surface area contributed by atoms with Crippen molar-refractivity contribution < 1.29 is 0 Å². The Bertz CT molecular complexity index is 394. The molecule has 1 fully saturated rings. The third kappa shape index (κ3) is 2.66. The van der Waals surface area contributed by atoms with Crippen molar-refractivity contribution in [2.24, 2.45) is 11.7 Å². The fourth-order valence-electron chi connectivity index (χ4n) is 2.77. The number of hydrogen-bond acceptors (Lipinski definition) is 2. The highest BCUT2D eigenvalue weighted by atomic mass is 79.9. The number of anilines is 1. The molecule has 0 spiro atoms. The summed E-state index contributed by atoms with van der Waals surface area (Å²) < 4.78 is 1.16. The van der Waals surface area contributed by atoms with Crippen LogP contribution in [0.5, 0.6) is 0 Å². The second-order valence-electron chi connectivity index (χ2n) is 5.26. The van der Waals surface area contributed by atoms with E-state index in [9.17, 15) is 0 Å². The first-order valence-corrected chi connectivity index (χ1v) is 7.05. The summed E-state index contributed by atoms with van der Waals surface area (Å²) in [6, 6.07) is 4.76. The Kier molecular flexibility index (Phi) is 3.79. The zero-order chi connectivity index (χ0) is 12.6. The van der Waals surface area contributed by atoms with Crippen LogP contribution >= 0.6 is 15.9 Å². The molecule has 0 aliphatic carbocycles. The van der Waals surface area contributed by atoms with Gasteiger partial charge in [0, 0.05) is 29.3 Å². The summed E-state index contributed by atoms with van der Waals surface area (Å²) in [6.45, 7) is 8.78. The number of rotatable bonds is 1. The van der Waals surface area contributed by atoms with E-state index >= 15 is 0 Å². The average molecular weight is 297 g/mol. The smallest absolute Gasteiger partial charge is 0.0426 e. The normalized spacial score (nSPS) is 25.1. The van der Waals surface area contributed by atoms with Crippen LogP contribution in [-0.4, -0.2) is 19.1 Å². The van der Waals surface area contributed by atoms with E-state index in [1.165, 1.54) is 16.8 Å². The Morgan fingerprint density at radius 3 is 2.41 bits per heavy atom. The first-order valence-electron chi connectivity index (χ1n) is 6.26. The van der Waals surface area contributed by atoms with Gasteiger partial charge in [0.05, 0.1) is 0 Å². The predicted octanol–water partition coefficient (Wildman–Crippen LogP) is 3.24. The number of nitrogens with zero attached hydrogens (tertiary/aromatic N) is 1. The Labute approximate surface area is 112 Å². The second-order valence-corrected chi connectivity index (χ2v) is 6.18. The van der Waals surface area contributed by atoms with E-state index < -0.39 is 0 Å².